The molecule has 5 nitrogen and oxygen atoms in total. The lowest BCUT2D eigenvalue weighted by molar-refractivity contribution is -0.138. The molecule has 1 saturated heterocycles. The molecule has 2 heterocycles. The second kappa shape index (κ2) is 8.01. The number of para-hydroxylation sites is 1. The van der Waals surface area contributed by atoms with Crippen molar-refractivity contribution in [2.75, 3.05) is 13.1 Å². The van der Waals surface area contributed by atoms with Crippen LogP contribution in [-0.2, 0) is 22.4 Å². The standard InChI is InChI=1S/C25H32N2O3/c1-16(23(28)27-13-7-8-14-27)30-24(29)22-18-9-5-6-10-20(18)26-21-12-11-17(15-19(21)22)25(2,3)4/h5-6,9-10,16-17H,7-8,11-15H2,1-4H3/t16-,17+/m0/s1. The molecule has 0 saturated carbocycles. The molecule has 30 heavy (non-hydrogen) atoms. The van der Waals surface area contributed by atoms with Crippen LogP contribution in [0, 0.1) is 11.3 Å². The molecule has 0 unspecified atom stereocenters. The number of benzene rings is 1. The number of esters is 1. The molecule has 1 aromatic carbocycles. The van der Waals surface area contributed by atoms with Crippen molar-refractivity contribution in [2.24, 2.45) is 11.3 Å². The smallest absolute Gasteiger partial charge is 0.339 e. The van der Waals surface area contributed by atoms with Gasteiger partial charge in [0.15, 0.2) is 6.10 Å². The quantitative estimate of drug-likeness (QED) is 0.699. The van der Waals surface area contributed by atoms with Crippen LogP contribution in [0.25, 0.3) is 10.9 Å². The van der Waals surface area contributed by atoms with E-state index in [1.54, 1.807) is 11.8 Å². The minimum absolute atomic E-state index is 0.0966. The van der Waals surface area contributed by atoms with Gasteiger partial charge in [-0.15, -0.1) is 0 Å². The largest absolute Gasteiger partial charge is 0.449 e. The Bertz CT molecular complexity index is 970. The molecule has 5 heteroatoms. The summed E-state index contributed by atoms with van der Waals surface area (Å²) in [5.41, 5.74) is 3.58. The molecule has 1 amide bonds. The van der Waals surface area contributed by atoms with Crippen molar-refractivity contribution in [3.63, 3.8) is 0 Å². The molecule has 1 aliphatic heterocycles. The van der Waals surface area contributed by atoms with E-state index in [1.165, 1.54) is 0 Å². The second-order valence-electron chi connectivity index (χ2n) is 9.81. The fourth-order valence-corrected chi connectivity index (χ4v) is 4.83. The maximum Gasteiger partial charge on any atom is 0.339 e. The molecule has 2 atom stereocenters. The molecule has 0 N–H and O–H groups in total. The Balaban J connectivity index is 1.70. The number of amides is 1. The van der Waals surface area contributed by atoms with E-state index in [0.717, 1.165) is 67.4 Å². The number of likely N-dealkylation sites (tertiary alicyclic amines) is 1. The van der Waals surface area contributed by atoms with Gasteiger partial charge in [0.1, 0.15) is 0 Å². The Morgan fingerprint density at radius 3 is 2.57 bits per heavy atom. The van der Waals surface area contributed by atoms with Gasteiger partial charge in [-0.2, -0.15) is 0 Å². The first-order valence-corrected chi connectivity index (χ1v) is 11.2. The van der Waals surface area contributed by atoms with Gasteiger partial charge in [-0.05, 0) is 62.0 Å². The highest BCUT2D eigenvalue weighted by atomic mass is 16.5. The number of carbonyl (C=O) groups excluding carboxylic acids is 2. The van der Waals surface area contributed by atoms with Gasteiger partial charge in [0.25, 0.3) is 5.91 Å². The zero-order valence-corrected chi connectivity index (χ0v) is 18.5. The van der Waals surface area contributed by atoms with Gasteiger partial charge in [0, 0.05) is 24.2 Å². The molecule has 1 aromatic heterocycles. The van der Waals surface area contributed by atoms with Crippen molar-refractivity contribution in [1.29, 1.82) is 0 Å². The van der Waals surface area contributed by atoms with Crippen LogP contribution in [0.3, 0.4) is 0 Å². The highest BCUT2D eigenvalue weighted by Crippen LogP contribution is 2.39. The number of pyridine rings is 1. The van der Waals surface area contributed by atoms with Crippen molar-refractivity contribution in [3.05, 3.63) is 41.1 Å². The van der Waals surface area contributed by atoms with E-state index in [4.69, 9.17) is 9.72 Å². The monoisotopic (exact) mass is 408 g/mol. The normalized spacial score (nSPS) is 20.1. The van der Waals surface area contributed by atoms with Gasteiger partial charge < -0.3 is 9.64 Å². The summed E-state index contributed by atoms with van der Waals surface area (Å²) in [6.07, 6.45) is 4.01. The lowest BCUT2D eigenvalue weighted by Gasteiger charge is -2.35. The summed E-state index contributed by atoms with van der Waals surface area (Å²) in [7, 11) is 0. The molecular weight excluding hydrogens is 376 g/mol. The summed E-state index contributed by atoms with van der Waals surface area (Å²) in [4.78, 5) is 32.7. The highest BCUT2D eigenvalue weighted by Gasteiger charge is 2.34. The van der Waals surface area contributed by atoms with E-state index in [9.17, 15) is 9.59 Å². The molecule has 1 aliphatic carbocycles. The fraction of sp³-hybridized carbons (Fsp3) is 0.560. The topological polar surface area (TPSA) is 59.5 Å². The van der Waals surface area contributed by atoms with Crippen LogP contribution in [-0.4, -0.2) is 41.0 Å². The van der Waals surface area contributed by atoms with Crippen LogP contribution < -0.4 is 0 Å². The van der Waals surface area contributed by atoms with Crippen LogP contribution in [0.15, 0.2) is 24.3 Å². The van der Waals surface area contributed by atoms with Crippen molar-refractivity contribution in [3.8, 4) is 0 Å². The third kappa shape index (κ3) is 3.94. The Labute approximate surface area is 178 Å². The van der Waals surface area contributed by atoms with E-state index in [2.05, 4.69) is 20.8 Å². The molecule has 0 radical (unpaired) electrons. The maximum atomic E-state index is 13.4. The summed E-state index contributed by atoms with van der Waals surface area (Å²) in [6, 6.07) is 7.75. The number of rotatable bonds is 3. The predicted molar refractivity (Wildman–Crippen MR) is 117 cm³/mol. The van der Waals surface area contributed by atoms with Crippen LogP contribution in [0.1, 0.15) is 68.6 Å². The van der Waals surface area contributed by atoms with E-state index < -0.39 is 12.1 Å². The SMILES string of the molecule is C[C@H](OC(=O)c1c2c(nc3ccccc13)CC[C@@H](C(C)(C)C)C2)C(=O)N1CCCC1. The van der Waals surface area contributed by atoms with Gasteiger partial charge in [0.05, 0.1) is 11.1 Å². The van der Waals surface area contributed by atoms with E-state index in [1.807, 2.05) is 24.3 Å². The second-order valence-corrected chi connectivity index (χ2v) is 9.81. The minimum atomic E-state index is -0.778. The minimum Gasteiger partial charge on any atom is -0.449 e. The predicted octanol–water partition coefficient (Wildman–Crippen LogP) is 4.55. The first kappa shape index (κ1) is 20.8. The van der Waals surface area contributed by atoms with E-state index in [-0.39, 0.29) is 11.3 Å². The number of hydrogen-bond acceptors (Lipinski definition) is 4. The molecule has 0 bridgehead atoms. The Hall–Kier alpha value is -2.43. The van der Waals surface area contributed by atoms with Gasteiger partial charge in [-0.3, -0.25) is 9.78 Å². The lowest BCUT2D eigenvalue weighted by atomic mass is 9.70. The summed E-state index contributed by atoms with van der Waals surface area (Å²) in [5, 5.41) is 0.816. The van der Waals surface area contributed by atoms with Gasteiger partial charge >= 0.3 is 5.97 Å². The number of hydrogen-bond donors (Lipinski definition) is 0. The van der Waals surface area contributed by atoms with Gasteiger partial charge in [-0.25, -0.2) is 4.79 Å². The average Bonchev–Trinajstić information content (AvgIpc) is 3.24. The van der Waals surface area contributed by atoms with Crippen molar-refractivity contribution in [2.45, 2.75) is 65.9 Å². The maximum absolute atomic E-state index is 13.4. The van der Waals surface area contributed by atoms with Gasteiger partial charge in [-0.1, -0.05) is 39.0 Å². The summed E-state index contributed by atoms with van der Waals surface area (Å²) < 4.78 is 5.75. The number of aromatic nitrogens is 1. The summed E-state index contributed by atoms with van der Waals surface area (Å²) in [6.45, 7) is 9.96. The Kier molecular flexibility index (Phi) is 5.56. The number of ether oxygens (including phenoxy) is 1. The molecule has 2 aromatic rings. The number of fused-ring (bicyclic) bond motifs is 2. The van der Waals surface area contributed by atoms with Crippen LogP contribution in [0.4, 0.5) is 0 Å². The third-order valence-electron chi connectivity index (χ3n) is 6.74. The number of carbonyl (C=O) groups is 2. The number of aryl methyl sites for hydroxylation is 1. The molecule has 1 fully saturated rings. The van der Waals surface area contributed by atoms with Crippen LogP contribution >= 0.6 is 0 Å². The zero-order valence-electron chi connectivity index (χ0n) is 18.5. The Morgan fingerprint density at radius 1 is 1.17 bits per heavy atom. The van der Waals surface area contributed by atoms with E-state index >= 15 is 0 Å². The molecule has 2 aliphatic rings. The lowest BCUT2D eigenvalue weighted by Crippen LogP contribution is -2.38. The average molecular weight is 409 g/mol. The summed E-state index contributed by atoms with van der Waals surface area (Å²) in [5.74, 6) is -0.0247. The zero-order chi connectivity index (χ0) is 21.5. The van der Waals surface area contributed by atoms with Crippen molar-refractivity contribution >= 4 is 22.8 Å². The number of nitrogens with zero attached hydrogens (tertiary/aromatic N) is 2. The van der Waals surface area contributed by atoms with Crippen LogP contribution in [0.5, 0.6) is 0 Å². The summed E-state index contributed by atoms with van der Waals surface area (Å²) >= 11 is 0. The first-order valence-electron chi connectivity index (χ1n) is 11.2. The molecular formula is C25H32N2O3. The fourth-order valence-electron chi connectivity index (χ4n) is 4.83. The van der Waals surface area contributed by atoms with E-state index in [0.29, 0.717) is 11.5 Å². The Morgan fingerprint density at radius 2 is 1.87 bits per heavy atom. The highest BCUT2D eigenvalue weighted by molar-refractivity contribution is 6.05. The van der Waals surface area contributed by atoms with Crippen LogP contribution in [0.2, 0.25) is 0 Å². The molecule has 0 spiro atoms. The molecule has 160 valence electrons. The molecule has 4 rings (SSSR count). The van der Waals surface area contributed by atoms with Crippen molar-refractivity contribution in [1.82, 2.24) is 9.88 Å². The first-order chi connectivity index (χ1) is 14.3. The van der Waals surface area contributed by atoms with Crippen molar-refractivity contribution < 1.29 is 14.3 Å². The third-order valence-corrected chi connectivity index (χ3v) is 6.74. The van der Waals surface area contributed by atoms with Gasteiger partial charge in [0.2, 0.25) is 0 Å².